The van der Waals surface area contributed by atoms with Crippen LogP contribution in [0.5, 0.6) is 0 Å². The average molecular weight is 319 g/mol. The van der Waals surface area contributed by atoms with Crippen LogP contribution in [0.15, 0.2) is 77.3 Å². The van der Waals surface area contributed by atoms with E-state index in [0.717, 1.165) is 11.1 Å². The van der Waals surface area contributed by atoms with Gasteiger partial charge in [0.05, 0.1) is 0 Å². The van der Waals surface area contributed by atoms with E-state index in [9.17, 15) is 4.79 Å². The number of aliphatic imine (C=N–C) groups is 1. The minimum absolute atomic E-state index is 0.275. The maximum absolute atomic E-state index is 12.7. The standard InChI is InChI=1S/C21H21NO2/c1-16(2)13-14-21(15-17-9-5-3-6-10-17)20(23)24-19(22-21)18-11-7-4-8-12-18/h3-13H,14-15H2,1-2H3/t21-/m1/s1. The molecule has 3 nitrogen and oxygen atoms in total. The van der Waals surface area contributed by atoms with Gasteiger partial charge in [0.1, 0.15) is 0 Å². The molecule has 1 aliphatic rings. The molecule has 0 aliphatic carbocycles. The monoisotopic (exact) mass is 319 g/mol. The molecule has 0 aromatic heterocycles. The van der Waals surface area contributed by atoms with E-state index in [0.29, 0.717) is 18.7 Å². The van der Waals surface area contributed by atoms with Crippen molar-refractivity contribution in [2.24, 2.45) is 4.99 Å². The lowest BCUT2D eigenvalue weighted by atomic mass is 9.88. The van der Waals surface area contributed by atoms with Gasteiger partial charge < -0.3 is 4.74 Å². The Morgan fingerprint density at radius 1 is 1.04 bits per heavy atom. The first-order valence-corrected chi connectivity index (χ1v) is 8.14. The first kappa shape index (κ1) is 16.2. The lowest BCUT2D eigenvalue weighted by molar-refractivity contribution is -0.138. The zero-order chi connectivity index (χ0) is 17.0. The Morgan fingerprint density at radius 2 is 1.67 bits per heavy atom. The predicted molar refractivity (Wildman–Crippen MR) is 96.0 cm³/mol. The number of hydrogen-bond donors (Lipinski definition) is 0. The smallest absolute Gasteiger partial charge is 0.341 e. The van der Waals surface area contributed by atoms with Gasteiger partial charge >= 0.3 is 5.97 Å². The Kier molecular flexibility index (Phi) is 4.61. The Morgan fingerprint density at radius 3 is 2.29 bits per heavy atom. The maximum Gasteiger partial charge on any atom is 0.341 e. The number of rotatable bonds is 5. The van der Waals surface area contributed by atoms with Gasteiger partial charge in [-0.05, 0) is 31.5 Å². The third-order valence-electron chi connectivity index (χ3n) is 4.09. The van der Waals surface area contributed by atoms with Gasteiger partial charge in [-0.1, -0.05) is 60.2 Å². The van der Waals surface area contributed by atoms with E-state index in [2.05, 4.69) is 6.08 Å². The van der Waals surface area contributed by atoms with Crippen molar-refractivity contribution < 1.29 is 9.53 Å². The molecule has 3 heteroatoms. The Hall–Kier alpha value is -2.68. The number of benzene rings is 2. The highest BCUT2D eigenvalue weighted by molar-refractivity contribution is 6.08. The van der Waals surface area contributed by atoms with Crippen LogP contribution in [-0.2, 0) is 16.0 Å². The third-order valence-corrected chi connectivity index (χ3v) is 4.09. The first-order valence-electron chi connectivity index (χ1n) is 8.14. The van der Waals surface area contributed by atoms with Crippen LogP contribution < -0.4 is 0 Å². The van der Waals surface area contributed by atoms with Gasteiger partial charge in [-0.3, -0.25) is 0 Å². The van der Waals surface area contributed by atoms with E-state index in [4.69, 9.17) is 9.73 Å². The summed E-state index contributed by atoms with van der Waals surface area (Å²) >= 11 is 0. The van der Waals surface area contributed by atoms with Crippen LogP contribution in [0.2, 0.25) is 0 Å². The Labute approximate surface area is 142 Å². The molecule has 0 N–H and O–H groups in total. The molecule has 1 aliphatic heterocycles. The predicted octanol–water partition coefficient (Wildman–Crippen LogP) is 4.33. The highest BCUT2D eigenvalue weighted by atomic mass is 16.6. The number of nitrogens with zero attached hydrogens (tertiary/aromatic N) is 1. The van der Waals surface area contributed by atoms with Crippen LogP contribution in [0.3, 0.4) is 0 Å². The Balaban J connectivity index is 1.99. The molecular weight excluding hydrogens is 298 g/mol. The second-order valence-electron chi connectivity index (χ2n) is 6.35. The summed E-state index contributed by atoms with van der Waals surface area (Å²) in [7, 11) is 0. The van der Waals surface area contributed by atoms with Crippen molar-refractivity contribution >= 4 is 11.9 Å². The molecule has 0 bridgehead atoms. The summed E-state index contributed by atoms with van der Waals surface area (Å²) in [6, 6.07) is 19.5. The summed E-state index contributed by atoms with van der Waals surface area (Å²) in [4.78, 5) is 17.5. The van der Waals surface area contributed by atoms with Crippen molar-refractivity contribution in [1.82, 2.24) is 0 Å². The molecule has 2 aromatic rings. The van der Waals surface area contributed by atoms with Crippen molar-refractivity contribution in [1.29, 1.82) is 0 Å². The number of allylic oxidation sites excluding steroid dienone is 1. The number of carbonyl (C=O) groups is 1. The fourth-order valence-corrected chi connectivity index (χ4v) is 2.77. The topological polar surface area (TPSA) is 38.7 Å². The molecule has 1 heterocycles. The quantitative estimate of drug-likeness (QED) is 0.608. The van der Waals surface area contributed by atoms with Gasteiger partial charge in [-0.25, -0.2) is 9.79 Å². The summed E-state index contributed by atoms with van der Waals surface area (Å²) in [6.45, 7) is 4.05. The van der Waals surface area contributed by atoms with Gasteiger partial charge in [0.25, 0.3) is 0 Å². The van der Waals surface area contributed by atoms with Gasteiger partial charge in [-0.15, -0.1) is 0 Å². The minimum atomic E-state index is -0.885. The largest absolute Gasteiger partial charge is 0.405 e. The molecule has 0 fully saturated rings. The van der Waals surface area contributed by atoms with Gasteiger partial charge in [-0.2, -0.15) is 0 Å². The van der Waals surface area contributed by atoms with E-state index < -0.39 is 5.54 Å². The SMILES string of the molecule is CC(C)=CC[C@]1(Cc2ccccc2)N=C(c2ccccc2)OC1=O. The van der Waals surface area contributed by atoms with Crippen LogP contribution in [-0.4, -0.2) is 17.4 Å². The fourth-order valence-electron chi connectivity index (χ4n) is 2.77. The lowest BCUT2D eigenvalue weighted by Gasteiger charge is -2.20. The van der Waals surface area contributed by atoms with Crippen molar-refractivity contribution in [3.63, 3.8) is 0 Å². The van der Waals surface area contributed by atoms with E-state index in [1.807, 2.05) is 74.5 Å². The molecule has 3 rings (SSSR count). The summed E-state index contributed by atoms with van der Waals surface area (Å²) in [5.41, 5.74) is 2.19. The lowest BCUT2D eigenvalue weighted by Crippen LogP contribution is -2.36. The van der Waals surface area contributed by atoms with Crippen molar-refractivity contribution in [3.8, 4) is 0 Å². The van der Waals surface area contributed by atoms with Crippen LogP contribution in [0.1, 0.15) is 31.4 Å². The third kappa shape index (κ3) is 3.46. The first-order chi connectivity index (χ1) is 11.6. The molecule has 1 atom stereocenters. The fraction of sp³-hybridized carbons (Fsp3) is 0.238. The molecule has 0 amide bonds. The van der Waals surface area contributed by atoms with Crippen molar-refractivity contribution in [2.45, 2.75) is 32.2 Å². The molecule has 0 saturated heterocycles. The van der Waals surface area contributed by atoms with E-state index in [1.54, 1.807) is 0 Å². The molecule has 0 unspecified atom stereocenters. The summed E-state index contributed by atoms with van der Waals surface area (Å²) in [5.74, 6) is 0.140. The van der Waals surface area contributed by atoms with Crippen LogP contribution in [0, 0.1) is 0 Å². The molecule has 0 saturated carbocycles. The molecule has 2 aromatic carbocycles. The second kappa shape index (κ2) is 6.83. The number of hydrogen-bond acceptors (Lipinski definition) is 3. The number of esters is 1. The van der Waals surface area contributed by atoms with E-state index in [1.165, 1.54) is 5.57 Å². The van der Waals surface area contributed by atoms with Crippen molar-refractivity contribution in [2.75, 3.05) is 0 Å². The molecule has 0 spiro atoms. The molecule has 122 valence electrons. The molecule has 0 radical (unpaired) electrons. The van der Waals surface area contributed by atoms with E-state index >= 15 is 0 Å². The van der Waals surface area contributed by atoms with Crippen molar-refractivity contribution in [3.05, 3.63) is 83.4 Å². The molecular formula is C21H21NO2. The summed E-state index contributed by atoms with van der Waals surface area (Å²) in [6.07, 6.45) is 3.13. The average Bonchev–Trinajstić information content (AvgIpc) is 2.92. The second-order valence-corrected chi connectivity index (χ2v) is 6.35. The normalized spacial score (nSPS) is 19.6. The van der Waals surface area contributed by atoms with Gasteiger partial charge in [0, 0.05) is 18.4 Å². The minimum Gasteiger partial charge on any atom is -0.405 e. The summed E-state index contributed by atoms with van der Waals surface area (Å²) in [5, 5.41) is 0. The van der Waals surface area contributed by atoms with Crippen LogP contribution in [0.25, 0.3) is 0 Å². The highest BCUT2D eigenvalue weighted by Crippen LogP contribution is 2.31. The summed E-state index contributed by atoms with van der Waals surface area (Å²) < 4.78 is 5.55. The highest BCUT2D eigenvalue weighted by Gasteiger charge is 2.45. The van der Waals surface area contributed by atoms with Gasteiger partial charge in [0.15, 0.2) is 5.54 Å². The van der Waals surface area contributed by atoms with Crippen LogP contribution in [0.4, 0.5) is 0 Å². The maximum atomic E-state index is 12.7. The number of carbonyl (C=O) groups excluding carboxylic acids is 1. The zero-order valence-corrected chi connectivity index (χ0v) is 14.0. The molecule has 24 heavy (non-hydrogen) atoms. The van der Waals surface area contributed by atoms with Gasteiger partial charge in [0.2, 0.25) is 5.90 Å². The number of cyclic esters (lactones) is 1. The Bertz CT molecular complexity index is 774. The zero-order valence-electron chi connectivity index (χ0n) is 14.0. The van der Waals surface area contributed by atoms with Crippen LogP contribution >= 0.6 is 0 Å². The number of ether oxygens (including phenoxy) is 1. The van der Waals surface area contributed by atoms with E-state index in [-0.39, 0.29) is 5.97 Å².